The topological polar surface area (TPSA) is 59.9 Å². The summed E-state index contributed by atoms with van der Waals surface area (Å²) in [6.07, 6.45) is 3.36. The first kappa shape index (κ1) is 21.1. The van der Waals surface area contributed by atoms with E-state index >= 15 is 0 Å². The summed E-state index contributed by atoms with van der Waals surface area (Å²) in [6.45, 7) is 3.23. The molecule has 0 heterocycles. The van der Waals surface area contributed by atoms with Gasteiger partial charge in [-0.2, -0.15) is 5.10 Å². The Kier molecular flexibility index (Phi) is 8.03. The predicted molar refractivity (Wildman–Crippen MR) is 119 cm³/mol. The number of benzene rings is 3. The molecule has 0 radical (unpaired) electrons. The molecular formula is C25H26N2O3. The van der Waals surface area contributed by atoms with Crippen LogP contribution >= 0.6 is 0 Å². The number of ether oxygens (including phenoxy) is 2. The van der Waals surface area contributed by atoms with E-state index < -0.39 is 0 Å². The molecule has 0 aliphatic heterocycles. The lowest BCUT2D eigenvalue weighted by atomic mass is 10.2. The van der Waals surface area contributed by atoms with E-state index in [4.69, 9.17) is 9.47 Å². The van der Waals surface area contributed by atoms with E-state index in [0.29, 0.717) is 24.5 Å². The number of rotatable bonds is 10. The number of hydrogen-bond acceptors (Lipinski definition) is 4. The van der Waals surface area contributed by atoms with Crippen LogP contribution in [0.5, 0.6) is 11.5 Å². The molecule has 3 aromatic carbocycles. The molecule has 3 rings (SSSR count). The van der Waals surface area contributed by atoms with Gasteiger partial charge in [-0.25, -0.2) is 5.43 Å². The minimum atomic E-state index is -0.255. The van der Waals surface area contributed by atoms with E-state index in [1.807, 2.05) is 54.6 Å². The Hall–Kier alpha value is -3.60. The minimum absolute atomic E-state index is 0.255. The van der Waals surface area contributed by atoms with E-state index in [0.717, 1.165) is 24.2 Å². The lowest BCUT2D eigenvalue weighted by molar-refractivity contribution is 0.0955. The first-order chi connectivity index (χ1) is 14.8. The Balaban J connectivity index is 1.44. The van der Waals surface area contributed by atoms with Gasteiger partial charge in [0.05, 0.1) is 19.4 Å². The number of aryl methyl sites for hydroxylation is 1. The summed E-state index contributed by atoms with van der Waals surface area (Å²) in [5, 5.41) is 4.05. The van der Waals surface area contributed by atoms with E-state index in [1.54, 1.807) is 18.3 Å². The zero-order valence-corrected chi connectivity index (χ0v) is 17.1. The summed E-state index contributed by atoms with van der Waals surface area (Å²) in [6, 6.07) is 24.7. The molecule has 0 saturated heterocycles. The molecule has 3 aromatic rings. The highest BCUT2D eigenvalue weighted by atomic mass is 16.5. The maximum atomic E-state index is 12.0. The van der Waals surface area contributed by atoms with Crippen molar-refractivity contribution in [3.63, 3.8) is 0 Å². The Labute approximate surface area is 177 Å². The van der Waals surface area contributed by atoms with E-state index in [-0.39, 0.29) is 5.91 Å². The molecule has 0 saturated carbocycles. The van der Waals surface area contributed by atoms with Crippen molar-refractivity contribution >= 4 is 12.1 Å². The predicted octanol–water partition coefficient (Wildman–Crippen LogP) is 4.86. The molecule has 0 bridgehead atoms. The maximum absolute atomic E-state index is 12.0. The van der Waals surface area contributed by atoms with Crippen molar-refractivity contribution in [2.45, 2.75) is 19.8 Å². The first-order valence-corrected chi connectivity index (χ1v) is 10.1. The van der Waals surface area contributed by atoms with Crippen molar-refractivity contribution in [1.29, 1.82) is 0 Å². The minimum Gasteiger partial charge on any atom is -0.493 e. The van der Waals surface area contributed by atoms with Crippen LogP contribution in [0.2, 0.25) is 0 Å². The zero-order valence-electron chi connectivity index (χ0n) is 17.1. The van der Waals surface area contributed by atoms with Gasteiger partial charge in [0.25, 0.3) is 5.91 Å². The summed E-state index contributed by atoms with van der Waals surface area (Å²) in [5.74, 6) is 1.32. The van der Waals surface area contributed by atoms with Crippen LogP contribution in [0.4, 0.5) is 0 Å². The van der Waals surface area contributed by atoms with Crippen molar-refractivity contribution in [1.82, 2.24) is 5.43 Å². The van der Waals surface area contributed by atoms with E-state index in [9.17, 15) is 4.79 Å². The van der Waals surface area contributed by atoms with Crippen molar-refractivity contribution in [2.24, 2.45) is 5.10 Å². The van der Waals surface area contributed by atoms with Gasteiger partial charge in [0.2, 0.25) is 0 Å². The molecule has 30 heavy (non-hydrogen) atoms. The number of carbonyl (C=O) groups excluding carboxylic acids is 1. The highest BCUT2D eigenvalue weighted by Gasteiger charge is 2.04. The number of nitrogens with zero attached hydrogens (tertiary/aromatic N) is 1. The van der Waals surface area contributed by atoms with Crippen molar-refractivity contribution in [3.8, 4) is 11.5 Å². The van der Waals surface area contributed by atoms with Gasteiger partial charge in [-0.1, -0.05) is 49.4 Å². The number of amides is 1. The lowest BCUT2D eigenvalue weighted by Gasteiger charge is -2.10. The summed E-state index contributed by atoms with van der Waals surface area (Å²) < 4.78 is 11.6. The second-order valence-corrected chi connectivity index (χ2v) is 6.65. The molecule has 5 heteroatoms. The van der Waals surface area contributed by atoms with Crippen LogP contribution in [-0.2, 0) is 6.42 Å². The Morgan fingerprint density at radius 2 is 1.60 bits per heavy atom. The number of carbonyl (C=O) groups is 1. The summed E-state index contributed by atoms with van der Waals surface area (Å²) in [5.41, 5.74) is 5.18. The number of para-hydroxylation sites is 1. The number of hydrazone groups is 1. The fraction of sp³-hybridized carbons (Fsp3) is 0.200. The first-order valence-electron chi connectivity index (χ1n) is 10.1. The molecular weight excluding hydrogens is 376 g/mol. The van der Waals surface area contributed by atoms with Gasteiger partial charge < -0.3 is 9.47 Å². The molecule has 154 valence electrons. The highest BCUT2D eigenvalue weighted by Crippen LogP contribution is 2.16. The van der Waals surface area contributed by atoms with Gasteiger partial charge in [-0.15, -0.1) is 0 Å². The van der Waals surface area contributed by atoms with Gasteiger partial charge in [0, 0.05) is 17.5 Å². The number of nitrogens with one attached hydrogen (secondary N) is 1. The van der Waals surface area contributed by atoms with Crippen LogP contribution in [0.15, 0.2) is 84.0 Å². The lowest BCUT2D eigenvalue weighted by Crippen LogP contribution is -2.17. The quantitative estimate of drug-likeness (QED) is 0.299. The molecule has 0 fully saturated rings. The molecule has 0 aliphatic rings. The standard InChI is InChI=1S/C25H26N2O3/c1-2-20-13-15-23(16-14-20)29-17-8-18-30-24-12-7-6-11-22(24)19-26-27-25(28)21-9-4-3-5-10-21/h3-7,9-16,19H,2,8,17-18H2,1H3,(H,27,28)/b26-19+. The summed E-state index contributed by atoms with van der Waals surface area (Å²) >= 11 is 0. The van der Waals surface area contributed by atoms with Crippen molar-refractivity contribution < 1.29 is 14.3 Å². The Morgan fingerprint density at radius 1 is 0.900 bits per heavy atom. The van der Waals surface area contributed by atoms with Gasteiger partial charge >= 0.3 is 0 Å². The third kappa shape index (κ3) is 6.48. The molecule has 0 aliphatic carbocycles. The molecule has 0 spiro atoms. The van der Waals surface area contributed by atoms with E-state index in [1.165, 1.54) is 5.56 Å². The van der Waals surface area contributed by atoms with Crippen LogP contribution in [-0.4, -0.2) is 25.3 Å². The molecule has 0 unspecified atom stereocenters. The average molecular weight is 402 g/mol. The van der Waals surface area contributed by atoms with Gasteiger partial charge in [-0.3, -0.25) is 4.79 Å². The monoisotopic (exact) mass is 402 g/mol. The fourth-order valence-electron chi connectivity index (χ4n) is 2.79. The largest absolute Gasteiger partial charge is 0.493 e. The van der Waals surface area contributed by atoms with Gasteiger partial charge in [-0.05, 0) is 48.4 Å². The van der Waals surface area contributed by atoms with Crippen LogP contribution < -0.4 is 14.9 Å². The summed E-state index contributed by atoms with van der Waals surface area (Å²) in [7, 11) is 0. The third-order valence-corrected chi connectivity index (χ3v) is 4.47. The van der Waals surface area contributed by atoms with Crippen LogP contribution in [0, 0.1) is 0 Å². The molecule has 0 atom stereocenters. The summed E-state index contributed by atoms with van der Waals surface area (Å²) in [4.78, 5) is 12.0. The van der Waals surface area contributed by atoms with E-state index in [2.05, 4.69) is 29.6 Å². The molecule has 0 aromatic heterocycles. The average Bonchev–Trinajstić information content (AvgIpc) is 2.80. The maximum Gasteiger partial charge on any atom is 0.271 e. The second kappa shape index (κ2) is 11.4. The molecule has 1 N–H and O–H groups in total. The Morgan fingerprint density at radius 3 is 2.37 bits per heavy atom. The van der Waals surface area contributed by atoms with Crippen LogP contribution in [0.1, 0.15) is 34.8 Å². The molecule has 5 nitrogen and oxygen atoms in total. The van der Waals surface area contributed by atoms with Gasteiger partial charge in [0.15, 0.2) is 0 Å². The van der Waals surface area contributed by atoms with Crippen LogP contribution in [0.3, 0.4) is 0 Å². The molecule has 1 amide bonds. The normalized spacial score (nSPS) is 10.7. The Bertz CT molecular complexity index is 954. The second-order valence-electron chi connectivity index (χ2n) is 6.65. The smallest absolute Gasteiger partial charge is 0.271 e. The number of hydrogen-bond donors (Lipinski definition) is 1. The SMILES string of the molecule is CCc1ccc(OCCCOc2ccccc2/C=N/NC(=O)c2ccccc2)cc1. The van der Waals surface area contributed by atoms with Gasteiger partial charge in [0.1, 0.15) is 11.5 Å². The highest BCUT2D eigenvalue weighted by molar-refractivity contribution is 5.95. The van der Waals surface area contributed by atoms with Crippen molar-refractivity contribution in [3.05, 3.63) is 95.6 Å². The zero-order chi connectivity index (χ0) is 21.0. The fourth-order valence-corrected chi connectivity index (χ4v) is 2.79. The third-order valence-electron chi connectivity index (χ3n) is 4.47. The van der Waals surface area contributed by atoms with Crippen molar-refractivity contribution in [2.75, 3.05) is 13.2 Å². The van der Waals surface area contributed by atoms with Crippen LogP contribution in [0.25, 0.3) is 0 Å².